The van der Waals surface area contributed by atoms with Gasteiger partial charge in [0.1, 0.15) is 6.10 Å². The number of para-hydroxylation sites is 1. The topological polar surface area (TPSA) is 47.7 Å². The molecule has 4 heteroatoms. The minimum absolute atomic E-state index is 0.195. The van der Waals surface area contributed by atoms with E-state index in [0.29, 0.717) is 0 Å². The van der Waals surface area contributed by atoms with Crippen LogP contribution in [0.1, 0.15) is 18.4 Å². The van der Waals surface area contributed by atoms with Gasteiger partial charge in [-0.25, -0.2) is 0 Å². The highest BCUT2D eigenvalue weighted by Crippen LogP contribution is 2.49. The third kappa shape index (κ3) is 1.95. The molecule has 0 atom stereocenters. The lowest BCUT2D eigenvalue weighted by atomic mass is 10.0. The summed E-state index contributed by atoms with van der Waals surface area (Å²) in [4.78, 5) is 2.23. The first-order valence-electron chi connectivity index (χ1n) is 6.44. The van der Waals surface area contributed by atoms with Gasteiger partial charge < -0.3 is 15.2 Å². The first-order valence-corrected chi connectivity index (χ1v) is 6.44. The smallest absolute Gasteiger partial charge is 0.166 e. The van der Waals surface area contributed by atoms with Gasteiger partial charge in [0.25, 0.3) is 0 Å². The molecule has 1 aliphatic carbocycles. The molecule has 0 radical (unpaired) electrons. The molecule has 2 fully saturated rings. The largest absolute Gasteiger partial charge is 0.493 e. The van der Waals surface area contributed by atoms with E-state index >= 15 is 0 Å². The van der Waals surface area contributed by atoms with Crippen LogP contribution in [0.25, 0.3) is 0 Å². The highest BCUT2D eigenvalue weighted by molar-refractivity contribution is 5.51. The zero-order valence-electron chi connectivity index (χ0n) is 11.0. The summed E-state index contributed by atoms with van der Waals surface area (Å²) in [5, 5.41) is 0. The molecule has 1 saturated carbocycles. The molecule has 0 bridgehead atoms. The van der Waals surface area contributed by atoms with Crippen LogP contribution in [0.5, 0.6) is 11.5 Å². The molecule has 1 heterocycles. The molecule has 2 N–H and O–H groups in total. The second-order valence-corrected chi connectivity index (χ2v) is 5.45. The van der Waals surface area contributed by atoms with Crippen LogP contribution < -0.4 is 15.2 Å². The fourth-order valence-corrected chi connectivity index (χ4v) is 2.48. The van der Waals surface area contributed by atoms with Crippen molar-refractivity contribution in [3.8, 4) is 11.5 Å². The minimum Gasteiger partial charge on any atom is -0.493 e. The number of hydrogen-bond donors (Lipinski definition) is 1. The lowest BCUT2D eigenvalue weighted by Gasteiger charge is -2.37. The second kappa shape index (κ2) is 4.14. The number of methoxy groups -OCH3 is 1. The SMILES string of the molecule is COc1cccc(C2(N)CC2)c1OC1CN(C)C1. The summed E-state index contributed by atoms with van der Waals surface area (Å²) in [7, 11) is 3.77. The van der Waals surface area contributed by atoms with Gasteiger partial charge in [0.2, 0.25) is 0 Å². The van der Waals surface area contributed by atoms with Gasteiger partial charge >= 0.3 is 0 Å². The van der Waals surface area contributed by atoms with E-state index in [1.165, 1.54) is 0 Å². The molecule has 0 unspecified atom stereocenters. The van der Waals surface area contributed by atoms with E-state index in [-0.39, 0.29) is 11.6 Å². The third-order valence-electron chi connectivity index (χ3n) is 3.84. The van der Waals surface area contributed by atoms with Crippen LogP contribution in [0.3, 0.4) is 0 Å². The average molecular weight is 248 g/mol. The standard InChI is InChI=1S/C14H20N2O2/c1-16-8-10(9-16)18-13-11(14(15)6-7-14)4-3-5-12(13)17-2/h3-5,10H,6-9,15H2,1-2H3. The summed E-state index contributed by atoms with van der Waals surface area (Å²) < 4.78 is 11.5. The summed E-state index contributed by atoms with van der Waals surface area (Å²) in [6, 6.07) is 5.99. The zero-order chi connectivity index (χ0) is 12.8. The lowest BCUT2D eigenvalue weighted by Crippen LogP contribution is -2.51. The van der Waals surface area contributed by atoms with Crippen molar-refractivity contribution in [2.45, 2.75) is 24.5 Å². The van der Waals surface area contributed by atoms with Crippen molar-refractivity contribution in [3.63, 3.8) is 0 Å². The van der Waals surface area contributed by atoms with Crippen LogP contribution in [0.2, 0.25) is 0 Å². The van der Waals surface area contributed by atoms with E-state index in [2.05, 4.69) is 18.0 Å². The number of nitrogens with two attached hydrogens (primary N) is 1. The van der Waals surface area contributed by atoms with Crippen molar-refractivity contribution in [2.24, 2.45) is 5.73 Å². The van der Waals surface area contributed by atoms with Gasteiger partial charge in [-0.1, -0.05) is 12.1 Å². The molecule has 0 spiro atoms. The van der Waals surface area contributed by atoms with Gasteiger partial charge in [-0.3, -0.25) is 4.90 Å². The summed E-state index contributed by atoms with van der Waals surface area (Å²) >= 11 is 0. The fourth-order valence-electron chi connectivity index (χ4n) is 2.48. The van der Waals surface area contributed by atoms with Gasteiger partial charge in [0.15, 0.2) is 11.5 Å². The predicted molar refractivity (Wildman–Crippen MR) is 70.0 cm³/mol. The van der Waals surface area contributed by atoms with Crippen molar-refractivity contribution >= 4 is 0 Å². The molecule has 1 saturated heterocycles. The molecule has 0 aromatic heterocycles. The number of rotatable bonds is 4. The monoisotopic (exact) mass is 248 g/mol. The molecule has 98 valence electrons. The van der Waals surface area contributed by atoms with Crippen LogP contribution in [0, 0.1) is 0 Å². The van der Waals surface area contributed by atoms with E-state index in [1.807, 2.05) is 12.1 Å². The Morgan fingerprint density at radius 1 is 1.33 bits per heavy atom. The zero-order valence-corrected chi connectivity index (χ0v) is 11.0. The van der Waals surface area contributed by atoms with Crippen LogP contribution in [0.4, 0.5) is 0 Å². The Kier molecular flexibility index (Phi) is 2.72. The maximum Gasteiger partial charge on any atom is 0.166 e. The molecular weight excluding hydrogens is 228 g/mol. The number of benzene rings is 1. The average Bonchev–Trinajstić information content (AvgIpc) is 3.06. The number of ether oxygens (including phenoxy) is 2. The van der Waals surface area contributed by atoms with E-state index < -0.39 is 0 Å². The summed E-state index contributed by atoms with van der Waals surface area (Å²) in [6.45, 7) is 1.93. The molecule has 4 nitrogen and oxygen atoms in total. The Labute approximate surface area is 108 Å². The minimum atomic E-state index is -0.195. The Balaban J connectivity index is 1.89. The first kappa shape index (κ1) is 11.8. The maximum absolute atomic E-state index is 6.31. The predicted octanol–water partition coefficient (Wildman–Crippen LogP) is 1.34. The Hall–Kier alpha value is -1.26. The lowest BCUT2D eigenvalue weighted by molar-refractivity contribution is 0.0359. The molecule has 1 aromatic rings. The third-order valence-corrected chi connectivity index (χ3v) is 3.84. The van der Waals surface area contributed by atoms with E-state index in [4.69, 9.17) is 15.2 Å². The quantitative estimate of drug-likeness (QED) is 0.873. The highest BCUT2D eigenvalue weighted by Gasteiger charge is 2.43. The maximum atomic E-state index is 6.31. The van der Waals surface area contributed by atoms with Crippen molar-refractivity contribution in [1.29, 1.82) is 0 Å². The van der Waals surface area contributed by atoms with Crippen LogP contribution >= 0.6 is 0 Å². The molecule has 1 aliphatic heterocycles. The second-order valence-electron chi connectivity index (χ2n) is 5.45. The van der Waals surface area contributed by atoms with Gasteiger partial charge in [0.05, 0.1) is 7.11 Å². The molecule has 18 heavy (non-hydrogen) atoms. The van der Waals surface area contributed by atoms with Crippen LogP contribution in [0.15, 0.2) is 18.2 Å². The normalized spacial score (nSPS) is 22.4. The molecule has 2 aliphatic rings. The van der Waals surface area contributed by atoms with Crippen molar-refractivity contribution in [3.05, 3.63) is 23.8 Å². The number of likely N-dealkylation sites (N-methyl/N-ethyl adjacent to an activating group) is 1. The van der Waals surface area contributed by atoms with Crippen molar-refractivity contribution < 1.29 is 9.47 Å². The Bertz CT molecular complexity index is 451. The summed E-state index contributed by atoms with van der Waals surface area (Å²) in [5.74, 6) is 1.64. The molecular formula is C14H20N2O2. The molecule has 0 amide bonds. The first-order chi connectivity index (χ1) is 8.62. The van der Waals surface area contributed by atoms with Gasteiger partial charge in [0, 0.05) is 24.2 Å². The van der Waals surface area contributed by atoms with Crippen molar-refractivity contribution in [1.82, 2.24) is 4.90 Å². The number of hydrogen-bond acceptors (Lipinski definition) is 4. The van der Waals surface area contributed by atoms with Crippen molar-refractivity contribution in [2.75, 3.05) is 27.2 Å². The molecule has 1 aromatic carbocycles. The number of likely N-dealkylation sites (tertiary alicyclic amines) is 1. The van der Waals surface area contributed by atoms with E-state index in [0.717, 1.165) is 43.0 Å². The van der Waals surface area contributed by atoms with Crippen LogP contribution in [-0.4, -0.2) is 38.3 Å². The van der Waals surface area contributed by atoms with Gasteiger partial charge in [-0.05, 0) is 26.0 Å². The van der Waals surface area contributed by atoms with Crippen LogP contribution in [-0.2, 0) is 5.54 Å². The summed E-state index contributed by atoms with van der Waals surface area (Å²) in [6.07, 6.45) is 2.31. The van der Waals surface area contributed by atoms with E-state index in [1.54, 1.807) is 7.11 Å². The highest BCUT2D eigenvalue weighted by atomic mass is 16.5. The van der Waals surface area contributed by atoms with E-state index in [9.17, 15) is 0 Å². The van der Waals surface area contributed by atoms with Gasteiger partial charge in [-0.2, -0.15) is 0 Å². The number of nitrogens with zero attached hydrogens (tertiary/aromatic N) is 1. The molecule has 3 rings (SSSR count). The Morgan fingerprint density at radius 2 is 2.06 bits per heavy atom. The Morgan fingerprint density at radius 3 is 2.61 bits per heavy atom. The summed E-state index contributed by atoms with van der Waals surface area (Å²) in [5.41, 5.74) is 7.21. The fraction of sp³-hybridized carbons (Fsp3) is 0.571. The van der Waals surface area contributed by atoms with Gasteiger partial charge in [-0.15, -0.1) is 0 Å².